The van der Waals surface area contributed by atoms with Crippen molar-refractivity contribution >= 4 is 11.9 Å². The lowest BCUT2D eigenvalue weighted by Crippen LogP contribution is -2.37. The highest BCUT2D eigenvalue weighted by Gasteiger charge is 2.04. The average Bonchev–Trinajstić information content (AvgIpc) is 2.27. The van der Waals surface area contributed by atoms with E-state index in [0.29, 0.717) is 6.54 Å². The zero-order valence-electron chi connectivity index (χ0n) is 10.6. The zero-order valence-corrected chi connectivity index (χ0v) is 10.6. The largest absolute Gasteiger partial charge is 0.480 e. The van der Waals surface area contributed by atoms with E-state index in [-0.39, 0.29) is 12.5 Å². The second-order valence-electron chi connectivity index (χ2n) is 3.67. The van der Waals surface area contributed by atoms with Crippen molar-refractivity contribution in [1.82, 2.24) is 10.2 Å². The maximum absolute atomic E-state index is 11.2. The Labute approximate surface area is 102 Å². The number of nitrogens with one attached hydrogen (secondary N) is 1. The molecule has 0 spiro atoms. The number of carboxylic acid groups (broad SMARTS) is 1. The van der Waals surface area contributed by atoms with Crippen molar-refractivity contribution in [3.05, 3.63) is 0 Å². The highest BCUT2D eigenvalue weighted by atomic mass is 16.5. The summed E-state index contributed by atoms with van der Waals surface area (Å²) >= 11 is 0. The Hall–Kier alpha value is -1.14. The van der Waals surface area contributed by atoms with Crippen molar-refractivity contribution in [2.24, 2.45) is 0 Å². The summed E-state index contributed by atoms with van der Waals surface area (Å²) in [7, 11) is 0. The van der Waals surface area contributed by atoms with Gasteiger partial charge in [0, 0.05) is 13.1 Å². The lowest BCUT2D eigenvalue weighted by Gasteiger charge is -2.19. The van der Waals surface area contributed by atoms with Crippen LogP contribution in [0.3, 0.4) is 0 Å². The molecule has 0 radical (unpaired) electrons. The molecule has 0 aromatic rings. The molecule has 6 heteroatoms. The topological polar surface area (TPSA) is 78.9 Å². The van der Waals surface area contributed by atoms with Crippen LogP contribution in [0.4, 0.5) is 0 Å². The van der Waals surface area contributed by atoms with E-state index in [4.69, 9.17) is 5.11 Å². The molecule has 0 aliphatic rings. The summed E-state index contributed by atoms with van der Waals surface area (Å²) in [5.41, 5.74) is 0. The Morgan fingerprint density at radius 3 is 2.47 bits per heavy atom. The van der Waals surface area contributed by atoms with E-state index in [0.717, 1.165) is 26.1 Å². The van der Waals surface area contributed by atoms with Crippen LogP contribution in [0.25, 0.3) is 0 Å². The predicted molar refractivity (Wildman–Crippen MR) is 63.9 cm³/mol. The van der Waals surface area contributed by atoms with Crippen LogP contribution in [0.2, 0.25) is 0 Å². The van der Waals surface area contributed by atoms with Crippen molar-refractivity contribution in [2.45, 2.75) is 20.3 Å². The number of aliphatic carboxylic acids is 1. The van der Waals surface area contributed by atoms with Gasteiger partial charge in [-0.1, -0.05) is 13.8 Å². The first-order valence-electron chi connectivity index (χ1n) is 5.88. The van der Waals surface area contributed by atoms with Gasteiger partial charge in [-0.2, -0.15) is 0 Å². The smallest absolute Gasteiger partial charge is 0.329 e. The van der Waals surface area contributed by atoms with Gasteiger partial charge < -0.3 is 20.1 Å². The third kappa shape index (κ3) is 9.77. The normalized spacial score (nSPS) is 10.5. The highest BCUT2D eigenvalue weighted by molar-refractivity contribution is 5.77. The average molecular weight is 246 g/mol. The number of hydrogen-bond acceptors (Lipinski definition) is 4. The van der Waals surface area contributed by atoms with Gasteiger partial charge in [-0.3, -0.25) is 4.79 Å². The van der Waals surface area contributed by atoms with Gasteiger partial charge in [0.2, 0.25) is 5.91 Å². The summed E-state index contributed by atoms with van der Waals surface area (Å²) in [4.78, 5) is 23.6. The van der Waals surface area contributed by atoms with E-state index >= 15 is 0 Å². The lowest BCUT2D eigenvalue weighted by atomic mass is 10.4. The molecule has 0 rings (SSSR count). The van der Waals surface area contributed by atoms with Crippen LogP contribution >= 0.6 is 0 Å². The number of likely N-dealkylation sites (N-methyl/N-ethyl adjacent to an activating group) is 1. The van der Waals surface area contributed by atoms with Crippen LogP contribution in [0, 0.1) is 0 Å². The van der Waals surface area contributed by atoms with E-state index in [9.17, 15) is 9.59 Å². The predicted octanol–water partition coefficient (Wildman–Crippen LogP) is -0.0643. The molecule has 2 N–H and O–H groups in total. The summed E-state index contributed by atoms with van der Waals surface area (Å²) in [5, 5.41) is 11.0. The molecule has 0 aliphatic heterocycles. The number of carbonyl (C=O) groups excluding carboxylic acids is 1. The molecular formula is C11H22N2O4. The third-order valence-corrected chi connectivity index (χ3v) is 2.20. The van der Waals surface area contributed by atoms with Crippen molar-refractivity contribution in [2.75, 3.05) is 39.4 Å². The maximum atomic E-state index is 11.2. The summed E-state index contributed by atoms with van der Waals surface area (Å²) < 4.78 is 4.66. The molecule has 0 unspecified atom stereocenters. The van der Waals surface area contributed by atoms with E-state index in [1.807, 2.05) is 0 Å². The number of ether oxygens (including phenoxy) is 1. The minimum atomic E-state index is -1.07. The van der Waals surface area contributed by atoms with Crippen molar-refractivity contribution in [3.8, 4) is 0 Å². The van der Waals surface area contributed by atoms with Crippen LogP contribution in [-0.2, 0) is 14.3 Å². The van der Waals surface area contributed by atoms with Crippen LogP contribution in [0.1, 0.15) is 20.3 Å². The quantitative estimate of drug-likeness (QED) is 0.564. The molecule has 100 valence electrons. The van der Waals surface area contributed by atoms with Crippen molar-refractivity contribution in [3.63, 3.8) is 0 Å². The molecule has 0 bridgehead atoms. The fraction of sp³-hybridized carbons (Fsp3) is 0.818. The minimum absolute atomic E-state index is 0.202. The summed E-state index contributed by atoms with van der Waals surface area (Å²) in [6, 6.07) is 0. The molecule has 0 heterocycles. The number of rotatable bonds is 10. The lowest BCUT2D eigenvalue weighted by molar-refractivity contribution is -0.143. The Morgan fingerprint density at radius 2 is 1.94 bits per heavy atom. The second kappa shape index (κ2) is 10.0. The molecule has 0 saturated heterocycles. The van der Waals surface area contributed by atoms with E-state index in [2.05, 4.69) is 28.8 Å². The van der Waals surface area contributed by atoms with Crippen LogP contribution in [0.5, 0.6) is 0 Å². The molecule has 0 atom stereocenters. The number of nitrogens with zero attached hydrogens (tertiary/aromatic N) is 1. The van der Waals surface area contributed by atoms with Gasteiger partial charge in [0.15, 0.2) is 0 Å². The molecule has 1 amide bonds. The molecule has 0 aromatic heterocycles. The molecule has 0 aromatic carbocycles. The molecule has 0 saturated carbocycles. The summed E-state index contributed by atoms with van der Waals surface area (Å²) in [6.45, 7) is 6.88. The second-order valence-corrected chi connectivity index (χ2v) is 3.67. The SMILES string of the molecule is CCCN(CC)CCNC(=O)COCC(=O)O. The fourth-order valence-electron chi connectivity index (χ4n) is 1.38. The fourth-order valence-corrected chi connectivity index (χ4v) is 1.38. The standard InChI is InChI=1S/C11H22N2O4/c1-3-6-13(4-2)7-5-12-10(14)8-17-9-11(15)16/h3-9H2,1-2H3,(H,12,14)(H,15,16). The number of amides is 1. The zero-order chi connectivity index (χ0) is 13.1. The summed E-state index contributed by atoms with van der Waals surface area (Å²) in [5.74, 6) is -1.35. The molecular weight excluding hydrogens is 224 g/mol. The van der Waals surface area contributed by atoms with Gasteiger partial charge in [0.05, 0.1) is 0 Å². The Kier molecular flexibility index (Phi) is 9.37. The van der Waals surface area contributed by atoms with E-state index < -0.39 is 12.6 Å². The first-order valence-corrected chi connectivity index (χ1v) is 5.88. The molecule has 0 fully saturated rings. The van der Waals surface area contributed by atoms with Crippen LogP contribution < -0.4 is 5.32 Å². The van der Waals surface area contributed by atoms with E-state index in [1.165, 1.54) is 0 Å². The van der Waals surface area contributed by atoms with Gasteiger partial charge in [-0.25, -0.2) is 4.79 Å². The van der Waals surface area contributed by atoms with Gasteiger partial charge in [0.1, 0.15) is 13.2 Å². The Balaban J connectivity index is 3.52. The third-order valence-electron chi connectivity index (χ3n) is 2.20. The van der Waals surface area contributed by atoms with E-state index in [1.54, 1.807) is 0 Å². The van der Waals surface area contributed by atoms with Gasteiger partial charge in [0.25, 0.3) is 0 Å². The number of carbonyl (C=O) groups is 2. The monoisotopic (exact) mass is 246 g/mol. The Bertz CT molecular complexity index is 234. The molecule has 6 nitrogen and oxygen atoms in total. The van der Waals surface area contributed by atoms with Crippen LogP contribution in [-0.4, -0.2) is 61.3 Å². The van der Waals surface area contributed by atoms with Gasteiger partial charge in [-0.05, 0) is 19.5 Å². The molecule has 0 aliphatic carbocycles. The highest BCUT2D eigenvalue weighted by Crippen LogP contribution is 1.89. The van der Waals surface area contributed by atoms with Gasteiger partial charge in [-0.15, -0.1) is 0 Å². The minimum Gasteiger partial charge on any atom is -0.480 e. The van der Waals surface area contributed by atoms with Crippen LogP contribution in [0.15, 0.2) is 0 Å². The number of carboxylic acids is 1. The van der Waals surface area contributed by atoms with Gasteiger partial charge >= 0.3 is 5.97 Å². The first kappa shape index (κ1) is 15.9. The number of hydrogen-bond donors (Lipinski definition) is 2. The molecule has 17 heavy (non-hydrogen) atoms. The van der Waals surface area contributed by atoms with Crippen molar-refractivity contribution in [1.29, 1.82) is 0 Å². The maximum Gasteiger partial charge on any atom is 0.329 e. The summed E-state index contributed by atoms with van der Waals surface area (Å²) in [6.07, 6.45) is 1.09. The Morgan fingerprint density at radius 1 is 1.24 bits per heavy atom. The van der Waals surface area contributed by atoms with Crippen molar-refractivity contribution < 1.29 is 19.4 Å². The first-order chi connectivity index (χ1) is 8.10.